The van der Waals surface area contributed by atoms with E-state index in [9.17, 15) is 0 Å². The highest BCUT2D eigenvalue weighted by molar-refractivity contribution is 5.72. The number of anilines is 2. The van der Waals surface area contributed by atoms with Gasteiger partial charge in [0.05, 0.1) is 17.9 Å². The quantitative estimate of drug-likeness (QED) is 0.856. The molecule has 2 aromatic rings. The molecule has 0 amide bonds. The largest absolute Gasteiger partial charge is 0.373 e. The topological polar surface area (TPSA) is 37.2 Å². The van der Waals surface area contributed by atoms with E-state index >= 15 is 0 Å². The second-order valence-corrected chi connectivity index (χ2v) is 5.40. The first-order valence-electron chi connectivity index (χ1n) is 7.15. The van der Waals surface area contributed by atoms with Gasteiger partial charge in [0, 0.05) is 26.2 Å². The first-order valence-corrected chi connectivity index (χ1v) is 7.15. The van der Waals surface area contributed by atoms with Gasteiger partial charge in [-0.05, 0) is 25.5 Å². The van der Waals surface area contributed by atoms with Crippen LogP contribution in [-0.4, -0.2) is 40.9 Å². The second-order valence-electron chi connectivity index (χ2n) is 5.40. The summed E-state index contributed by atoms with van der Waals surface area (Å²) in [6, 6.07) is 9.18. The highest BCUT2D eigenvalue weighted by Crippen LogP contribution is 2.33. The van der Waals surface area contributed by atoms with Crippen molar-refractivity contribution in [2.75, 3.05) is 29.9 Å². The Morgan fingerprint density at radius 2 is 2.00 bits per heavy atom. The number of hydrogen-bond donors (Lipinski definition) is 0. The monoisotopic (exact) mass is 271 g/mol. The molecule has 20 heavy (non-hydrogen) atoms. The van der Waals surface area contributed by atoms with Crippen molar-refractivity contribution >= 4 is 11.4 Å². The van der Waals surface area contributed by atoms with Gasteiger partial charge in [-0.3, -0.25) is 4.68 Å². The van der Waals surface area contributed by atoms with Crippen molar-refractivity contribution in [1.82, 2.24) is 14.8 Å². The van der Waals surface area contributed by atoms with Gasteiger partial charge in [-0.2, -0.15) is 5.10 Å². The summed E-state index contributed by atoms with van der Waals surface area (Å²) in [6.07, 6.45) is 4.54. The fourth-order valence-corrected chi connectivity index (χ4v) is 2.82. The summed E-state index contributed by atoms with van der Waals surface area (Å²) < 4.78 is 1.89. The van der Waals surface area contributed by atoms with Crippen LogP contribution in [0.1, 0.15) is 13.3 Å². The fraction of sp³-hybridized carbons (Fsp3) is 0.467. The Morgan fingerprint density at radius 1 is 1.20 bits per heavy atom. The van der Waals surface area contributed by atoms with Crippen molar-refractivity contribution in [2.24, 2.45) is 0 Å². The maximum absolute atomic E-state index is 4.19. The fourth-order valence-electron chi connectivity index (χ4n) is 2.82. The SMILES string of the molecule is CC1CCN(C)c2ccccc2N1CCn1cncn1. The molecular formula is C15H21N5. The predicted octanol–water partition coefficient (Wildman–Crippen LogP) is 2.01. The van der Waals surface area contributed by atoms with E-state index in [2.05, 4.69) is 58.1 Å². The smallest absolute Gasteiger partial charge is 0.137 e. The molecule has 1 aliphatic heterocycles. The van der Waals surface area contributed by atoms with Crippen molar-refractivity contribution < 1.29 is 0 Å². The molecule has 0 bridgehead atoms. The number of hydrogen-bond acceptors (Lipinski definition) is 4. The lowest BCUT2D eigenvalue weighted by atomic mass is 10.2. The van der Waals surface area contributed by atoms with E-state index in [0.29, 0.717) is 6.04 Å². The summed E-state index contributed by atoms with van der Waals surface area (Å²) in [5.41, 5.74) is 2.63. The van der Waals surface area contributed by atoms with Gasteiger partial charge in [-0.1, -0.05) is 12.1 Å². The normalized spacial score (nSPS) is 18.8. The van der Waals surface area contributed by atoms with E-state index in [1.807, 2.05) is 4.68 Å². The van der Waals surface area contributed by atoms with Gasteiger partial charge in [-0.25, -0.2) is 4.98 Å². The van der Waals surface area contributed by atoms with E-state index in [4.69, 9.17) is 0 Å². The van der Waals surface area contributed by atoms with Gasteiger partial charge in [-0.15, -0.1) is 0 Å². The molecule has 5 nitrogen and oxygen atoms in total. The maximum Gasteiger partial charge on any atom is 0.137 e. The van der Waals surface area contributed by atoms with Crippen molar-refractivity contribution in [3.05, 3.63) is 36.9 Å². The second kappa shape index (κ2) is 5.53. The zero-order chi connectivity index (χ0) is 13.9. The Morgan fingerprint density at radius 3 is 2.75 bits per heavy atom. The molecule has 1 aromatic carbocycles. The maximum atomic E-state index is 4.19. The summed E-state index contributed by atoms with van der Waals surface area (Å²) in [7, 11) is 2.17. The Bertz CT molecular complexity index is 551. The van der Waals surface area contributed by atoms with Crippen molar-refractivity contribution in [3.63, 3.8) is 0 Å². The summed E-state index contributed by atoms with van der Waals surface area (Å²) in [6.45, 7) is 5.22. The van der Waals surface area contributed by atoms with Crippen LogP contribution in [0.25, 0.3) is 0 Å². The molecule has 0 saturated carbocycles. The van der Waals surface area contributed by atoms with Gasteiger partial charge >= 0.3 is 0 Å². The van der Waals surface area contributed by atoms with Crippen LogP contribution in [0.3, 0.4) is 0 Å². The molecule has 0 spiro atoms. The van der Waals surface area contributed by atoms with Crippen molar-refractivity contribution in [1.29, 1.82) is 0 Å². The Labute approximate surface area is 119 Å². The summed E-state index contributed by atoms with van der Waals surface area (Å²) in [5.74, 6) is 0. The van der Waals surface area contributed by atoms with Crippen LogP contribution in [0.5, 0.6) is 0 Å². The average Bonchev–Trinajstić information content (AvgIpc) is 2.95. The molecule has 106 valence electrons. The van der Waals surface area contributed by atoms with Crippen LogP contribution in [0.2, 0.25) is 0 Å². The molecule has 3 rings (SSSR count). The van der Waals surface area contributed by atoms with E-state index in [-0.39, 0.29) is 0 Å². The molecular weight excluding hydrogens is 250 g/mol. The molecule has 0 radical (unpaired) electrons. The Kier molecular flexibility index (Phi) is 3.58. The molecule has 0 aliphatic carbocycles. The van der Waals surface area contributed by atoms with Crippen molar-refractivity contribution in [3.8, 4) is 0 Å². The third-order valence-corrected chi connectivity index (χ3v) is 4.05. The standard InChI is InChI=1S/C15H21N5/c1-13-7-8-18(2)14-5-3-4-6-15(14)20(13)10-9-19-12-16-11-17-19/h3-6,11-13H,7-10H2,1-2H3. The molecule has 1 atom stereocenters. The highest BCUT2D eigenvalue weighted by atomic mass is 15.3. The number of nitrogens with zero attached hydrogens (tertiary/aromatic N) is 5. The summed E-state index contributed by atoms with van der Waals surface area (Å²) in [4.78, 5) is 8.84. The van der Waals surface area contributed by atoms with Crippen LogP contribution in [0.15, 0.2) is 36.9 Å². The van der Waals surface area contributed by atoms with Gasteiger partial charge in [0.2, 0.25) is 0 Å². The van der Waals surface area contributed by atoms with E-state index in [1.165, 1.54) is 17.8 Å². The zero-order valence-electron chi connectivity index (χ0n) is 12.1. The zero-order valence-corrected chi connectivity index (χ0v) is 12.1. The van der Waals surface area contributed by atoms with E-state index < -0.39 is 0 Å². The highest BCUT2D eigenvalue weighted by Gasteiger charge is 2.22. The van der Waals surface area contributed by atoms with Gasteiger partial charge in [0.25, 0.3) is 0 Å². The van der Waals surface area contributed by atoms with Gasteiger partial charge < -0.3 is 9.80 Å². The first kappa shape index (κ1) is 13.0. The minimum atomic E-state index is 0.532. The van der Waals surface area contributed by atoms with Crippen LogP contribution in [0, 0.1) is 0 Å². The third kappa shape index (κ3) is 2.48. The first-order chi connectivity index (χ1) is 9.75. The third-order valence-electron chi connectivity index (χ3n) is 4.05. The Balaban J connectivity index is 1.85. The molecule has 0 saturated heterocycles. The Hall–Kier alpha value is -2.04. The number of fused-ring (bicyclic) bond motifs is 1. The van der Waals surface area contributed by atoms with E-state index in [1.54, 1.807) is 12.7 Å². The number of benzene rings is 1. The minimum Gasteiger partial charge on any atom is -0.373 e. The lowest BCUT2D eigenvalue weighted by Gasteiger charge is -2.30. The number of para-hydroxylation sites is 2. The van der Waals surface area contributed by atoms with Crippen LogP contribution < -0.4 is 9.80 Å². The molecule has 2 heterocycles. The minimum absolute atomic E-state index is 0.532. The van der Waals surface area contributed by atoms with Gasteiger partial charge in [0.1, 0.15) is 12.7 Å². The lowest BCUT2D eigenvalue weighted by molar-refractivity contribution is 0.542. The predicted molar refractivity (Wildman–Crippen MR) is 81.2 cm³/mol. The number of aromatic nitrogens is 3. The van der Waals surface area contributed by atoms with Crippen LogP contribution in [0.4, 0.5) is 11.4 Å². The van der Waals surface area contributed by atoms with Crippen LogP contribution in [-0.2, 0) is 6.54 Å². The molecule has 5 heteroatoms. The molecule has 1 aliphatic rings. The molecule has 0 N–H and O–H groups in total. The molecule has 1 unspecified atom stereocenters. The van der Waals surface area contributed by atoms with Crippen molar-refractivity contribution in [2.45, 2.75) is 25.9 Å². The average molecular weight is 271 g/mol. The number of rotatable bonds is 3. The van der Waals surface area contributed by atoms with Crippen LogP contribution >= 0.6 is 0 Å². The summed E-state index contributed by atoms with van der Waals surface area (Å²) in [5, 5.41) is 4.19. The molecule has 1 aromatic heterocycles. The molecule has 0 fully saturated rings. The van der Waals surface area contributed by atoms with E-state index in [0.717, 1.165) is 19.6 Å². The van der Waals surface area contributed by atoms with Gasteiger partial charge in [0.15, 0.2) is 0 Å². The lowest BCUT2D eigenvalue weighted by Crippen LogP contribution is -2.35. The summed E-state index contributed by atoms with van der Waals surface area (Å²) >= 11 is 0.